The lowest BCUT2D eigenvalue weighted by Gasteiger charge is -2.01. The lowest BCUT2D eigenvalue weighted by molar-refractivity contribution is 0.776. The fourth-order valence-electron chi connectivity index (χ4n) is 1.40. The third-order valence-electron chi connectivity index (χ3n) is 2.20. The molecule has 0 fully saturated rings. The highest BCUT2D eigenvalue weighted by molar-refractivity contribution is 7.99. The predicted molar refractivity (Wildman–Crippen MR) is 62.1 cm³/mol. The topological polar surface area (TPSA) is 43.6 Å². The molecule has 0 aliphatic rings. The lowest BCUT2D eigenvalue weighted by atomic mass is 10.3. The van der Waals surface area contributed by atoms with Crippen LogP contribution in [0.25, 0.3) is 11.0 Å². The minimum absolute atomic E-state index is 0.852. The molecule has 0 aliphatic heterocycles. The summed E-state index contributed by atoms with van der Waals surface area (Å²) >= 11 is 1.70. The molecule has 4 nitrogen and oxygen atoms in total. The van der Waals surface area contributed by atoms with Crippen molar-refractivity contribution in [2.24, 2.45) is 7.05 Å². The van der Waals surface area contributed by atoms with Gasteiger partial charge in [-0.15, -0.1) is 0 Å². The molecule has 0 aromatic carbocycles. The Morgan fingerprint density at radius 1 is 1.40 bits per heavy atom. The summed E-state index contributed by atoms with van der Waals surface area (Å²) in [6.45, 7) is 4.16. The first-order chi connectivity index (χ1) is 7.22. The van der Waals surface area contributed by atoms with Crippen molar-refractivity contribution in [2.75, 3.05) is 5.75 Å². The number of thioether (sulfide) groups is 1. The van der Waals surface area contributed by atoms with E-state index >= 15 is 0 Å². The summed E-state index contributed by atoms with van der Waals surface area (Å²) in [5, 5.41) is 6.08. The number of fused-ring (bicyclic) bond motifs is 1. The number of hydrogen-bond donors (Lipinski definition) is 0. The second-order valence-corrected chi connectivity index (χ2v) is 4.51. The highest BCUT2D eigenvalue weighted by atomic mass is 32.2. The SMILES string of the molecule is CCCSc1nc(C)c2cnn(C)c2n1. The molecular formula is C10H14N4S. The summed E-state index contributed by atoms with van der Waals surface area (Å²) < 4.78 is 1.79. The molecule has 0 atom stereocenters. The summed E-state index contributed by atoms with van der Waals surface area (Å²) in [7, 11) is 1.91. The van der Waals surface area contributed by atoms with Crippen LogP contribution >= 0.6 is 11.8 Å². The van der Waals surface area contributed by atoms with E-state index in [9.17, 15) is 0 Å². The van der Waals surface area contributed by atoms with Gasteiger partial charge in [0.15, 0.2) is 10.8 Å². The quantitative estimate of drug-likeness (QED) is 0.589. The van der Waals surface area contributed by atoms with Crippen molar-refractivity contribution in [2.45, 2.75) is 25.4 Å². The maximum absolute atomic E-state index is 4.49. The molecule has 2 aromatic rings. The first-order valence-electron chi connectivity index (χ1n) is 5.01. The number of aromatic nitrogens is 4. The molecule has 0 spiro atoms. The summed E-state index contributed by atoms with van der Waals surface area (Å²) in [5.74, 6) is 1.06. The Morgan fingerprint density at radius 3 is 2.93 bits per heavy atom. The maximum Gasteiger partial charge on any atom is 0.189 e. The Bertz CT molecular complexity index is 477. The summed E-state index contributed by atoms with van der Waals surface area (Å²) in [5.41, 5.74) is 1.92. The van der Waals surface area contributed by atoms with Crippen LogP contribution in [0, 0.1) is 6.92 Å². The Morgan fingerprint density at radius 2 is 2.20 bits per heavy atom. The number of rotatable bonds is 3. The van der Waals surface area contributed by atoms with Gasteiger partial charge in [-0.2, -0.15) is 5.10 Å². The molecule has 2 aromatic heterocycles. The van der Waals surface area contributed by atoms with Crippen LogP contribution in [0.1, 0.15) is 19.0 Å². The second-order valence-electron chi connectivity index (χ2n) is 3.45. The fraction of sp³-hybridized carbons (Fsp3) is 0.500. The predicted octanol–water partition coefficient (Wildman–Crippen LogP) is 2.17. The van der Waals surface area contributed by atoms with E-state index in [4.69, 9.17) is 0 Å². The van der Waals surface area contributed by atoms with Gasteiger partial charge >= 0.3 is 0 Å². The van der Waals surface area contributed by atoms with E-state index in [1.807, 2.05) is 20.2 Å². The van der Waals surface area contributed by atoms with Crippen LogP contribution in [-0.4, -0.2) is 25.5 Å². The highest BCUT2D eigenvalue weighted by Gasteiger charge is 2.08. The summed E-state index contributed by atoms with van der Waals surface area (Å²) in [4.78, 5) is 8.94. The van der Waals surface area contributed by atoms with Gasteiger partial charge in [0, 0.05) is 12.8 Å². The summed E-state index contributed by atoms with van der Waals surface area (Å²) in [6, 6.07) is 0. The average molecular weight is 222 g/mol. The second kappa shape index (κ2) is 4.18. The molecule has 0 N–H and O–H groups in total. The van der Waals surface area contributed by atoms with Gasteiger partial charge in [-0.1, -0.05) is 18.7 Å². The largest absolute Gasteiger partial charge is 0.250 e. The molecule has 0 radical (unpaired) electrons. The lowest BCUT2D eigenvalue weighted by Crippen LogP contribution is -1.96. The Balaban J connectivity index is 2.45. The fourth-order valence-corrected chi connectivity index (χ4v) is 2.14. The minimum atomic E-state index is 0.852. The highest BCUT2D eigenvalue weighted by Crippen LogP contribution is 2.20. The van der Waals surface area contributed by atoms with Crippen LogP contribution in [0.4, 0.5) is 0 Å². The van der Waals surface area contributed by atoms with Gasteiger partial charge in [-0.05, 0) is 13.3 Å². The first kappa shape index (κ1) is 10.4. The van der Waals surface area contributed by atoms with Crippen molar-refractivity contribution < 1.29 is 0 Å². The zero-order chi connectivity index (χ0) is 10.8. The molecule has 2 heterocycles. The molecule has 0 aliphatic carbocycles. The average Bonchev–Trinajstić information content (AvgIpc) is 2.58. The van der Waals surface area contributed by atoms with Crippen LogP contribution in [0.15, 0.2) is 11.4 Å². The molecule has 15 heavy (non-hydrogen) atoms. The van der Waals surface area contributed by atoms with Gasteiger partial charge < -0.3 is 0 Å². The molecular weight excluding hydrogens is 208 g/mol. The van der Waals surface area contributed by atoms with Gasteiger partial charge in [0.05, 0.1) is 17.3 Å². The van der Waals surface area contributed by atoms with Crippen LogP contribution in [0.2, 0.25) is 0 Å². The first-order valence-corrected chi connectivity index (χ1v) is 6.00. The van der Waals surface area contributed by atoms with Crippen molar-refractivity contribution in [3.63, 3.8) is 0 Å². The Labute approximate surface area is 93.1 Å². The molecule has 0 saturated heterocycles. The maximum atomic E-state index is 4.49. The van der Waals surface area contributed by atoms with Crippen LogP contribution in [0.5, 0.6) is 0 Å². The van der Waals surface area contributed by atoms with Crippen molar-refractivity contribution in [3.8, 4) is 0 Å². The minimum Gasteiger partial charge on any atom is -0.250 e. The van der Waals surface area contributed by atoms with Crippen molar-refractivity contribution in [1.82, 2.24) is 19.7 Å². The summed E-state index contributed by atoms with van der Waals surface area (Å²) in [6.07, 6.45) is 2.95. The number of nitrogens with zero attached hydrogens (tertiary/aromatic N) is 4. The van der Waals surface area contributed by atoms with E-state index in [-0.39, 0.29) is 0 Å². The van der Waals surface area contributed by atoms with Crippen LogP contribution < -0.4 is 0 Å². The molecule has 5 heteroatoms. The zero-order valence-electron chi connectivity index (χ0n) is 9.19. The third-order valence-corrected chi connectivity index (χ3v) is 3.25. The normalized spacial score (nSPS) is 11.1. The third kappa shape index (κ3) is 1.97. The van der Waals surface area contributed by atoms with Crippen molar-refractivity contribution >= 4 is 22.8 Å². The van der Waals surface area contributed by atoms with E-state index in [1.54, 1.807) is 16.4 Å². The van der Waals surface area contributed by atoms with Gasteiger partial charge in [-0.25, -0.2) is 9.97 Å². The standard InChI is InChI=1S/C10H14N4S/c1-4-5-15-10-12-7(2)8-6-11-14(3)9(8)13-10/h6H,4-5H2,1-3H3. The smallest absolute Gasteiger partial charge is 0.189 e. The molecule has 0 amide bonds. The van der Waals surface area contributed by atoms with E-state index in [1.165, 1.54) is 0 Å². The molecule has 0 unspecified atom stereocenters. The Kier molecular flexibility index (Phi) is 2.90. The van der Waals surface area contributed by atoms with Gasteiger partial charge in [0.2, 0.25) is 0 Å². The zero-order valence-corrected chi connectivity index (χ0v) is 10.0. The van der Waals surface area contributed by atoms with Crippen molar-refractivity contribution in [1.29, 1.82) is 0 Å². The van der Waals surface area contributed by atoms with Gasteiger partial charge in [0.1, 0.15) is 0 Å². The van der Waals surface area contributed by atoms with E-state index in [0.29, 0.717) is 0 Å². The Hall–Kier alpha value is -1.10. The van der Waals surface area contributed by atoms with Crippen LogP contribution in [-0.2, 0) is 7.05 Å². The molecule has 0 saturated carbocycles. The number of aryl methyl sites for hydroxylation is 2. The van der Waals surface area contributed by atoms with E-state index in [2.05, 4.69) is 22.0 Å². The molecule has 0 bridgehead atoms. The molecule has 80 valence electrons. The molecule has 2 rings (SSSR count). The van der Waals surface area contributed by atoms with Crippen LogP contribution in [0.3, 0.4) is 0 Å². The number of hydrogen-bond acceptors (Lipinski definition) is 4. The van der Waals surface area contributed by atoms with Gasteiger partial charge in [-0.3, -0.25) is 4.68 Å². The van der Waals surface area contributed by atoms with Crippen molar-refractivity contribution in [3.05, 3.63) is 11.9 Å². The van der Waals surface area contributed by atoms with E-state index in [0.717, 1.165) is 34.1 Å². The monoisotopic (exact) mass is 222 g/mol. The van der Waals surface area contributed by atoms with Gasteiger partial charge in [0.25, 0.3) is 0 Å². The van der Waals surface area contributed by atoms with E-state index < -0.39 is 0 Å².